The Bertz CT molecular complexity index is 607. The van der Waals surface area contributed by atoms with Crippen LogP contribution >= 0.6 is 11.8 Å². The van der Waals surface area contributed by atoms with Crippen LogP contribution in [0.15, 0.2) is 10.6 Å². The van der Waals surface area contributed by atoms with E-state index in [0.717, 1.165) is 64.4 Å². The van der Waals surface area contributed by atoms with E-state index in [1.807, 2.05) is 11.8 Å². The van der Waals surface area contributed by atoms with Crippen molar-refractivity contribution < 1.29 is 18.3 Å². The molecule has 0 radical (unpaired) electrons. The lowest BCUT2D eigenvalue weighted by molar-refractivity contribution is -0.178. The molecule has 2 aliphatic heterocycles. The van der Waals surface area contributed by atoms with Crippen molar-refractivity contribution in [1.29, 1.82) is 0 Å². The second-order valence-corrected chi connectivity index (χ2v) is 10.6. The number of hydrogen-bond acceptors (Lipinski definition) is 5. The minimum Gasteiger partial charge on any atom is -0.395 e. The summed E-state index contributed by atoms with van der Waals surface area (Å²) in [6, 6.07) is 0.427. The van der Waals surface area contributed by atoms with Crippen LogP contribution in [0.4, 0.5) is 13.2 Å². The fourth-order valence-corrected chi connectivity index (χ4v) is 7.34. The summed E-state index contributed by atoms with van der Waals surface area (Å²) >= 11 is 1.92. The Morgan fingerprint density at radius 2 is 1.63 bits per heavy atom. The molecule has 0 amide bonds. The molecule has 0 bridgehead atoms. The number of fused-ring (bicyclic) bond motifs is 1. The zero-order chi connectivity index (χ0) is 21.1. The molecule has 172 valence electrons. The summed E-state index contributed by atoms with van der Waals surface area (Å²) < 4.78 is 40.4. The standard InChI is InChI=1S/C22H36F3N3OS/c23-22(24,25)17-6-7-21-19(16-17)28(18-4-1-2-5-20(18)30-21)9-3-8-26-10-12-27(13-11-26)14-15-29/h17-18,20,29H,1-16H2. The number of nitrogens with zero attached hydrogens (tertiary/aromatic N) is 3. The fraction of sp³-hybridized carbons (Fsp3) is 0.909. The molecule has 2 fully saturated rings. The van der Waals surface area contributed by atoms with E-state index in [4.69, 9.17) is 5.11 Å². The summed E-state index contributed by atoms with van der Waals surface area (Å²) in [6.45, 7) is 6.90. The number of halogens is 3. The monoisotopic (exact) mass is 447 g/mol. The molecule has 3 atom stereocenters. The fourth-order valence-electron chi connectivity index (χ4n) is 5.68. The van der Waals surface area contributed by atoms with Crippen LogP contribution in [-0.4, -0.2) is 89.7 Å². The number of hydrogen-bond donors (Lipinski definition) is 1. The van der Waals surface area contributed by atoms with Crippen molar-refractivity contribution in [3.8, 4) is 0 Å². The molecule has 4 aliphatic rings. The highest BCUT2D eigenvalue weighted by Crippen LogP contribution is 2.51. The SMILES string of the molecule is OCCN1CCN(CCCN2C3=C(CCC(C(F)(F)F)C3)SC3CCCCC32)CC1. The van der Waals surface area contributed by atoms with Crippen LogP contribution in [0.2, 0.25) is 0 Å². The number of alkyl halides is 3. The average Bonchev–Trinajstić information content (AvgIpc) is 2.73. The third-order valence-corrected chi connectivity index (χ3v) is 8.98. The maximum Gasteiger partial charge on any atom is 0.392 e. The first-order valence-corrected chi connectivity index (χ1v) is 12.6. The number of β-amino-alcohol motifs (C(OH)–C–C–N with tert-alkyl or cyclic N) is 1. The Labute approximate surface area is 182 Å². The van der Waals surface area contributed by atoms with Gasteiger partial charge in [-0.1, -0.05) is 12.8 Å². The Morgan fingerprint density at radius 1 is 0.933 bits per heavy atom. The van der Waals surface area contributed by atoms with Gasteiger partial charge in [-0.05, 0) is 45.1 Å². The molecular formula is C22H36F3N3OS. The molecule has 2 aliphatic carbocycles. The van der Waals surface area contributed by atoms with Crippen LogP contribution in [0.3, 0.4) is 0 Å². The molecule has 1 saturated heterocycles. The topological polar surface area (TPSA) is 30.0 Å². The Balaban J connectivity index is 1.38. The van der Waals surface area contributed by atoms with Gasteiger partial charge < -0.3 is 14.9 Å². The minimum absolute atomic E-state index is 0.189. The first kappa shape index (κ1) is 22.7. The Hall–Kier alpha value is -0.440. The van der Waals surface area contributed by atoms with Crippen LogP contribution < -0.4 is 0 Å². The van der Waals surface area contributed by atoms with Gasteiger partial charge in [-0.25, -0.2) is 0 Å². The second-order valence-electron chi connectivity index (χ2n) is 9.31. The number of allylic oxidation sites excluding steroid dienone is 2. The highest BCUT2D eigenvalue weighted by molar-refractivity contribution is 8.03. The molecule has 0 aromatic heterocycles. The van der Waals surface area contributed by atoms with E-state index >= 15 is 0 Å². The van der Waals surface area contributed by atoms with Crippen LogP contribution in [-0.2, 0) is 0 Å². The van der Waals surface area contributed by atoms with Gasteiger partial charge in [0, 0.05) is 61.2 Å². The van der Waals surface area contributed by atoms with Crippen molar-refractivity contribution in [2.45, 2.75) is 68.8 Å². The van der Waals surface area contributed by atoms with E-state index < -0.39 is 12.1 Å². The van der Waals surface area contributed by atoms with Gasteiger partial charge in [0.25, 0.3) is 0 Å². The predicted molar refractivity (Wildman–Crippen MR) is 115 cm³/mol. The number of aliphatic hydroxyl groups is 1. The van der Waals surface area contributed by atoms with E-state index in [-0.39, 0.29) is 19.4 Å². The molecule has 0 aromatic rings. The van der Waals surface area contributed by atoms with Crippen molar-refractivity contribution >= 4 is 11.8 Å². The van der Waals surface area contributed by atoms with E-state index in [0.29, 0.717) is 17.7 Å². The summed E-state index contributed by atoms with van der Waals surface area (Å²) in [6.07, 6.45) is 2.80. The van der Waals surface area contributed by atoms with Gasteiger partial charge in [-0.3, -0.25) is 4.90 Å². The maximum absolute atomic E-state index is 13.5. The third kappa shape index (κ3) is 5.30. The molecule has 3 unspecified atom stereocenters. The van der Waals surface area contributed by atoms with Crippen LogP contribution in [0.25, 0.3) is 0 Å². The minimum atomic E-state index is -4.08. The summed E-state index contributed by atoms with van der Waals surface area (Å²) in [7, 11) is 0. The molecule has 4 nitrogen and oxygen atoms in total. The van der Waals surface area contributed by atoms with E-state index in [9.17, 15) is 13.2 Å². The van der Waals surface area contributed by atoms with Crippen LogP contribution in [0.1, 0.15) is 51.4 Å². The van der Waals surface area contributed by atoms with Crippen molar-refractivity contribution in [2.24, 2.45) is 5.92 Å². The number of aliphatic hydroxyl groups excluding tert-OH is 1. The van der Waals surface area contributed by atoms with Gasteiger partial charge in [0.1, 0.15) is 0 Å². The zero-order valence-corrected chi connectivity index (χ0v) is 18.7. The second kappa shape index (κ2) is 10.0. The molecule has 1 N–H and O–H groups in total. The number of thioether (sulfide) groups is 1. The molecule has 8 heteroatoms. The van der Waals surface area contributed by atoms with Gasteiger partial charge in [0.05, 0.1) is 12.5 Å². The highest BCUT2D eigenvalue weighted by atomic mass is 32.2. The van der Waals surface area contributed by atoms with Gasteiger partial charge in [0.2, 0.25) is 0 Å². The van der Waals surface area contributed by atoms with Crippen LogP contribution in [0, 0.1) is 5.92 Å². The summed E-state index contributed by atoms with van der Waals surface area (Å²) in [4.78, 5) is 8.45. The number of rotatable bonds is 6. The van der Waals surface area contributed by atoms with E-state index in [2.05, 4.69) is 14.7 Å². The van der Waals surface area contributed by atoms with E-state index in [1.165, 1.54) is 24.2 Å². The Morgan fingerprint density at radius 3 is 2.33 bits per heavy atom. The van der Waals surface area contributed by atoms with Gasteiger partial charge in [-0.15, -0.1) is 11.8 Å². The first-order valence-electron chi connectivity index (χ1n) is 11.7. The van der Waals surface area contributed by atoms with Crippen molar-refractivity contribution in [3.05, 3.63) is 10.6 Å². The molecule has 4 rings (SSSR count). The molecule has 2 heterocycles. The van der Waals surface area contributed by atoms with Crippen molar-refractivity contribution in [1.82, 2.24) is 14.7 Å². The normalized spacial score (nSPS) is 31.6. The quantitative estimate of drug-likeness (QED) is 0.667. The molecule has 0 aromatic carbocycles. The third-order valence-electron chi connectivity index (χ3n) is 7.41. The maximum atomic E-state index is 13.5. The van der Waals surface area contributed by atoms with Crippen LogP contribution in [0.5, 0.6) is 0 Å². The van der Waals surface area contributed by atoms with Crippen molar-refractivity contribution in [2.75, 3.05) is 52.4 Å². The molecule has 1 saturated carbocycles. The average molecular weight is 448 g/mol. The smallest absolute Gasteiger partial charge is 0.392 e. The summed E-state index contributed by atoms with van der Waals surface area (Å²) in [5, 5.41) is 9.66. The lowest BCUT2D eigenvalue weighted by atomic mass is 9.87. The number of piperazine rings is 1. The highest BCUT2D eigenvalue weighted by Gasteiger charge is 2.46. The largest absolute Gasteiger partial charge is 0.395 e. The Kier molecular flexibility index (Phi) is 7.59. The van der Waals surface area contributed by atoms with Gasteiger partial charge >= 0.3 is 6.18 Å². The van der Waals surface area contributed by atoms with Crippen molar-refractivity contribution in [3.63, 3.8) is 0 Å². The molecule has 0 spiro atoms. The zero-order valence-electron chi connectivity index (χ0n) is 17.9. The van der Waals surface area contributed by atoms with Gasteiger partial charge in [0.15, 0.2) is 0 Å². The summed E-state index contributed by atoms with van der Waals surface area (Å²) in [5.41, 5.74) is 1.03. The lowest BCUT2D eigenvalue weighted by Crippen LogP contribution is -2.50. The molecular weight excluding hydrogens is 411 g/mol. The van der Waals surface area contributed by atoms with Gasteiger partial charge in [-0.2, -0.15) is 13.2 Å². The molecule has 30 heavy (non-hydrogen) atoms. The lowest BCUT2D eigenvalue weighted by Gasteiger charge is -2.49. The first-order chi connectivity index (χ1) is 14.5. The predicted octanol–water partition coefficient (Wildman–Crippen LogP) is 3.92. The summed E-state index contributed by atoms with van der Waals surface area (Å²) in [5.74, 6) is -1.17. The van der Waals surface area contributed by atoms with E-state index in [1.54, 1.807) is 0 Å².